The van der Waals surface area contributed by atoms with Crippen LogP contribution in [-0.4, -0.2) is 24.4 Å². The molecule has 0 spiro atoms. The molecular weight excluding hydrogens is 108 g/mol. The summed E-state index contributed by atoms with van der Waals surface area (Å²) in [6.45, 7) is 2.34. The average molecular weight is 116 g/mol. The molecule has 0 saturated carbocycles. The van der Waals surface area contributed by atoms with Crippen molar-refractivity contribution in [3.05, 3.63) is 4.91 Å². The van der Waals surface area contributed by atoms with Crippen molar-refractivity contribution in [1.29, 1.82) is 0 Å². The molecule has 0 saturated heterocycles. The lowest BCUT2D eigenvalue weighted by molar-refractivity contribution is -0.108. The van der Waals surface area contributed by atoms with Crippen molar-refractivity contribution in [3.8, 4) is 0 Å². The number of likely N-dealkylation sites (N-methyl/N-ethyl adjacent to an activating group) is 1. The molecule has 0 atom stereocenters. The summed E-state index contributed by atoms with van der Waals surface area (Å²) in [5, 5.41) is 3.68. The number of nitrogens with zero attached hydrogens (tertiary/aromatic N) is 2. The summed E-state index contributed by atoms with van der Waals surface area (Å²) in [7, 11) is 0. The first-order chi connectivity index (χ1) is 3.85. The summed E-state index contributed by atoms with van der Waals surface area (Å²) in [6, 6.07) is 0. The fourth-order valence-electron chi connectivity index (χ4n) is 0.306. The number of hydrogen-bond donors (Lipinski definition) is 0. The highest BCUT2D eigenvalue weighted by molar-refractivity contribution is 5.51. The van der Waals surface area contributed by atoms with Crippen molar-refractivity contribution in [3.63, 3.8) is 0 Å². The molecule has 0 rings (SSSR count). The minimum absolute atomic E-state index is 0.0972. The van der Waals surface area contributed by atoms with Gasteiger partial charge in [-0.2, -0.15) is 0 Å². The van der Waals surface area contributed by atoms with Crippen molar-refractivity contribution in [2.75, 3.05) is 13.1 Å². The molecule has 4 nitrogen and oxygen atoms in total. The molecule has 8 heavy (non-hydrogen) atoms. The SMILES string of the molecule is CCN(CC=O)N=O. The summed E-state index contributed by atoms with van der Waals surface area (Å²) in [6.07, 6.45) is 0.644. The smallest absolute Gasteiger partial charge is 0.141 e. The zero-order chi connectivity index (χ0) is 6.41. The van der Waals surface area contributed by atoms with Crippen LogP contribution in [0, 0.1) is 4.91 Å². The maximum Gasteiger partial charge on any atom is 0.141 e. The van der Waals surface area contributed by atoms with E-state index >= 15 is 0 Å². The van der Waals surface area contributed by atoms with Gasteiger partial charge < -0.3 is 4.79 Å². The van der Waals surface area contributed by atoms with Gasteiger partial charge in [0.05, 0.1) is 11.8 Å². The van der Waals surface area contributed by atoms with E-state index < -0.39 is 0 Å². The molecule has 0 heterocycles. The third kappa shape index (κ3) is 2.28. The van der Waals surface area contributed by atoms with E-state index in [1.807, 2.05) is 0 Å². The molecular formula is C4H8N2O2. The van der Waals surface area contributed by atoms with E-state index in [4.69, 9.17) is 0 Å². The summed E-state index contributed by atoms with van der Waals surface area (Å²) >= 11 is 0. The summed E-state index contributed by atoms with van der Waals surface area (Å²) in [5.41, 5.74) is 0. The van der Waals surface area contributed by atoms with E-state index in [1.165, 1.54) is 0 Å². The van der Waals surface area contributed by atoms with Gasteiger partial charge in [-0.1, -0.05) is 0 Å². The Hall–Kier alpha value is -0.930. The number of carbonyl (C=O) groups excluding carboxylic acids is 1. The first-order valence-electron chi connectivity index (χ1n) is 2.37. The molecule has 0 unspecified atom stereocenters. The van der Waals surface area contributed by atoms with Crippen LogP contribution in [0.2, 0.25) is 0 Å². The van der Waals surface area contributed by atoms with Gasteiger partial charge in [-0.3, -0.25) is 5.01 Å². The molecule has 4 heteroatoms. The second-order valence-corrected chi connectivity index (χ2v) is 1.25. The van der Waals surface area contributed by atoms with Gasteiger partial charge >= 0.3 is 0 Å². The van der Waals surface area contributed by atoms with Crippen LogP contribution in [-0.2, 0) is 4.79 Å². The number of hydrogen-bond acceptors (Lipinski definition) is 3. The highest BCUT2D eigenvalue weighted by Crippen LogP contribution is 1.81. The number of carbonyl (C=O) groups is 1. The zero-order valence-electron chi connectivity index (χ0n) is 4.70. The van der Waals surface area contributed by atoms with E-state index in [1.54, 1.807) is 6.92 Å². The molecule has 0 aliphatic carbocycles. The largest absolute Gasteiger partial charge is 0.301 e. The highest BCUT2D eigenvalue weighted by Gasteiger charge is 1.93. The molecule has 0 aliphatic heterocycles. The van der Waals surface area contributed by atoms with Crippen molar-refractivity contribution >= 4 is 6.29 Å². The fourth-order valence-corrected chi connectivity index (χ4v) is 0.306. The summed E-state index contributed by atoms with van der Waals surface area (Å²) in [5.74, 6) is 0. The monoisotopic (exact) mass is 116 g/mol. The maximum absolute atomic E-state index is 9.69. The first-order valence-corrected chi connectivity index (χ1v) is 2.37. The Balaban J connectivity index is 3.35. The van der Waals surface area contributed by atoms with Gasteiger partial charge in [0, 0.05) is 6.54 Å². The van der Waals surface area contributed by atoms with E-state index in [0.29, 0.717) is 12.8 Å². The number of rotatable bonds is 4. The summed E-state index contributed by atoms with van der Waals surface area (Å²) < 4.78 is 0. The Morgan fingerprint density at radius 1 is 1.75 bits per heavy atom. The van der Waals surface area contributed by atoms with Gasteiger partial charge in [0.1, 0.15) is 6.29 Å². The number of aldehydes is 1. The van der Waals surface area contributed by atoms with Crippen LogP contribution in [0.25, 0.3) is 0 Å². The molecule has 0 aromatic rings. The van der Waals surface area contributed by atoms with Gasteiger partial charge in [0.25, 0.3) is 0 Å². The quantitative estimate of drug-likeness (QED) is 0.299. The Labute approximate surface area is 47.4 Å². The van der Waals surface area contributed by atoms with Crippen molar-refractivity contribution in [2.24, 2.45) is 5.29 Å². The second-order valence-electron chi connectivity index (χ2n) is 1.25. The van der Waals surface area contributed by atoms with Crippen LogP contribution >= 0.6 is 0 Å². The van der Waals surface area contributed by atoms with Gasteiger partial charge in [0.15, 0.2) is 0 Å². The molecule has 0 aromatic carbocycles. The van der Waals surface area contributed by atoms with Gasteiger partial charge in [-0.25, -0.2) is 0 Å². The van der Waals surface area contributed by atoms with Gasteiger partial charge in [0.2, 0.25) is 0 Å². The standard InChI is InChI=1S/C4H8N2O2/c1-2-6(5-8)3-4-7/h4H,2-3H2,1H3. The van der Waals surface area contributed by atoms with Crippen molar-refractivity contribution in [2.45, 2.75) is 6.92 Å². The first kappa shape index (κ1) is 7.07. The Morgan fingerprint density at radius 2 is 2.38 bits per heavy atom. The maximum atomic E-state index is 9.69. The Kier molecular flexibility index (Phi) is 3.74. The van der Waals surface area contributed by atoms with Crippen LogP contribution in [0.4, 0.5) is 0 Å². The summed E-state index contributed by atoms with van der Waals surface area (Å²) in [4.78, 5) is 19.3. The molecule has 0 aliphatic rings. The lowest BCUT2D eigenvalue weighted by Crippen LogP contribution is -2.17. The second kappa shape index (κ2) is 4.23. The zero-order valence-corrected chi connectivity index (χ0v) is 4.70. The predicted molar refractivity (Wildman–Crippen MR) is 29.1 cm³/mol. The van der Waals surface area contributed by atoms with E-state index in [-0.39, 0.29) is 6.54 Å². The number of nitroso groups, excluding NO2 is 1. The third-order valence-electron chi connectivity index (χ3n) is 0.766. The molecule has 46 valence electrons. The lowest BCUT2D eigenvalue weighted by atomic mass is 10.6. The highest BCUT2D eigenvalue weighted by atomic mass is 16.3. The molecule has 0 radical (unpaired) electrons. The van der Waals surface area contributed by atoms with Crippen LogP contribution < -0.4 is 0 Å². The normalized spacial score (nSPS) is 8.12. The van der Waals surface area contributed by atoms with Crippen molar-refractivity contribution in [1.82, 2.24) is 5.01 Å². The lowest BCUT2D eigenvalue weighted by Gasteiger charge is -2.05. The minimum Gasteiger partial charge on any atom is -0.301 e. The van der Waals surface area contributed by atoms with Crippen LogP contribution in [0.15, 0.2) is 5.29 Å². The van der Waals surface area contributed by atoms with Crippen LogP contribution in [0.1, 0.15) is 6.92 Å². The topological polar surface area (TPSA) is 49.7 Å². The van der Waals surface area contributed by atoms with Gasteiger partial charge in [-0.05, 0) is 6.92 Å². The van der Waals surface area contributed by atoms with Crippen molar-refractivity contribution < 1.29 is 4.79 Å². The van der Waals surface area contributed by atoms with E-state index in [0.717, 1.165) is 5.01 Å². The molecule has 0 fully saturated rings. The fraction of sp³-hybridized carbons (Fsp3) is 0.750. The third-order valence-corrected chi connectivity index (χ3v) is 0.766. The van der Waals surface area contributed by atoms with Gasteiger partial charge in [-0.15, -0.1) is 4.91 Å². The minimum atomic E-state index is 0.0972. The van der Waals surface area contributed by atoms with Crippen LogP contribution in [0.5, 0.6) is 0 Å². The molecule has 0 N–H and O–H groups in total. The van der Waals surface area contributed by atoms with Crippen LogP contribution in [0.3, 0.4) is 0 Å². The molecule has 0 bridgehead atoms. The molecule has 0 aromatic heterocycles. The Bertz CT molecular complexity index is 84.1. The Morgan fingerprint density at radius 3 is 2.50 bits per heavy atom. The van der Waals surface area contributed by atoms with E-state index in [9.17, 15) is 9.70 Å². The molecule has 0 amide bonds. The van der Waals surface area contributed by atoms with E-state index in [2.05, 4.69) is 5.29 Å². The average Bonchev–Trinajstić information content (AvgIpc) is 1.83. The predicted octanol–water partition coefficient (Wildman–Crippen LogP) is 0.189.